The summed E-state index contributed by atoms with van der Waals surface area (Å²) in [6.45, 7) is 7.69. The van der Waals surface area contributed by atoms with Crippen LogP contribution in [-0.2, 0) is 0 Å². The second kappa shape index (κ2) is 3.81. The molecule has 0 aromatic rings. The Morgan fingerprint density at radius 2 is 1.00 bits per heavy atom. The van der Waals surface area contributed by atoms with E-state index >= 15 is 0 Å². The van der Waals surface area contributed by atoms with Crippen LogP contribution in [0.5, 0.6) is 0 Å². The third-order valence-corrected chi connectivity index (χ3v) is 1.66. The Morgan fingerprint density at radius 3 is 1.00 bits per heavy atom. The smallest absolute Gasteiger partial charge is 1.00 e. The predicted molar refractivity (Wildman–Crippen MR) is 37.6 cm³/mol. The van der Waals surface area contributed by atoms with E-state index in [1.807, 2.05) is 27.7 Å². The number of hydrogen-bond donors (Lipinski definition) is 2. The van der Waals surface area contributed by atoms with Crippen LogP contribution < -0.4 is 62.9 Å². The van der Waals surface area contributed by atoms with Gasteiger partial charge in [0, 0.05) is 11.1 Å². The molecule has 0 aliphatic heterocycles. The van der Waals surface area contributed by atoms with Crippen LogP contribution in [0.1, 0.15) is 29.1 Å². The first-order valence-electron chi connectivity index (χ1n) is 2.83. The number of nitrogens with two attached hydrogens (primary N) is 2. The summed E-state index contributed by atoms with van der Waals surface area (Å²) in [5.41, 5.74) is 10.8. The molecule has 0 aliphatic carbocycles. The van der Waals surface area contributed by atoms with Crippen molar-refractivity contribution in [2.24, 2.45) is 11.5 Å². The summed E-state index contributed by atoms with van der Waals surface area (Å²) < 4.78 is 0. The van der Waals surface area contributed by atoms with Crippen LogP contribution in [0.15, 0.2) is 0 Å². The van der Waals surface area contributed by atoms with E-state index in [9.17, 15) is 0 Å². The molecule has 0 aromatic carbocycles. The minimum atomic E-state index is -0.285. The van der Waals surface area contributed by atoms with Crippen LogP contribution in [0, 0.1) is 0 Å². The van der Waals surface area contributed by atoms with Crippen molar-refractivity contribution in [3.8, 4) is 0 Å². The van der Waals surface area contributed by atoms with Gasteiger partial charge in [0.15, 0.2) is 0 Å². The topological polar surface area (TPSA) is 52.0 Å². The van der Waals surface area contributed by atoms with Gasteiger partial charge in [0.2, 0.25) is 0 Å². The van der Waals surface area contributed by atoms with Crippen LogP contribution in [0.4, 0.5) is 0 Å². The molecule has 4 N–H and O–H groups in total. The average Bonchev–Trinajstić information content (AvgIpc) is 1.25. The molecule has 3 heteroatoms. The zero-order chi connectivity index (χ0) is 7.00. The Hall–Kier alpha value is 1.56. The zero-order valence-electron chi connectivity index (χ0n) is 8.15. The summed E-state index contributed by atoms with van der Waals surface area (Å²) in [7, 11) is 0. The fourth-order valence-corrected chi connectivity index (χ4v) is 0. The normalized spacial score (nSPS) is 12.7. The van der Waals surface area contributed by atoms with Crippen molar-refractivity contribution in [3.63, 3.8) is 0 Å². The summed E-state index contributed by atoms with van der Waals surface area (Å²) in [6, 6.07) is 0. The zero-order valence-corrected chi connectivity index (χ0v) is 10.3. The molecule has 0 aliphatic rings. The Kier molecular flexibility index (Phi) is 5.57. The van der Waals surface area contributed by atoms with E-state index in [2.05, 4.69) is 0 Å². The Morgan fingerprint density at radius 1 is 0.889 bits per heavy atom. The van der Waals surface area contributed by atoms with E-state index in [4.69, 9.17) is 11.5 Å². The minimum Gasteiger partial charge on any atom is -1.00 e. The molecule has 2 nitrogen and oxygen atoms in total. The third kappa shape index (κ3) is 4.90. The fourth-order valence-electron chi connectivity index (χ4n) is 0. The minimum absolute atomic E-state index is 0. The van der Waals surface area contributed by atoms with E-state index in [-0.39, 0.29) is 63.9 Å². The van der Waals surface area contributed by atoms with Gasteiger partial charge in [-0.2, -0.15) is 0 Å². The molecule has 0 saturated heterocycles. The summed E-state index contributed by atoms with van der Waals surface area (Å²) in [5.74, 6) is 0. The predicted octanol–water partition coefficient (Wildman–Crippen LogP) is -2.42. The van der Waals surface area contributed by atoms with E-state index in [0.717, 1.165) is 0 Å². The maximum atomic E-state index is 5.69. The van der Waals surface area contributed by atoms with Gasteiger partial charge in [-0.3, -0.25) is 0 Å². The summed E-state index contributed by atoms with van der Waals surface area (Å²) in [4.78, 5) is 0. The second-order valence-electron chi connectivity index (χ2n) is 3.44. The molecule has 0 fully saturated rings. The monoisotopic (exact) mass is 156 g/mol. The summed E-state index contributed by atoms with van der Waals surface area (Å²) in [5, 5.41) is 0. The molecule has 0 unspecified atom stereocenters. The largest absolute Gasteiger partial charge is 1.00 e. The molecule has 0 bridgehead atoms. The molecular weight excluding hydrogens is 139 g/mol. The Bertz CT molecular complexity index is 70.7. The van der Waals surface area contributed by atoms with Crippen molar-refractivity contribution in [3.05, 3.63) is 0 Å². The van der Waals surface area contributed by atoms with Gasteiger partial charge in [-0.1, -0.05) is 0 Å². The van der Waals surface area contributed by atoms with Crippen molar-refractivity contribution >= 4 is 0 Å². The molecule has 0 atom stereocenters. The van der Waals surface area contributed by atoms with Gasteiger partial charge in [0.05, 0.1) is 0 Å². The van der Waals surface area contributed by atoms with Crippen LogP contribution in [0.3, 0.4) is 0 Å². The van der Waals surface area contributed by atoms with Gasteiger partial charge in [0.25, 0.3) is 0 Å². The van der Waals surface area contributed by atoms with Gasteiger partial charge >= 0.3 is 51.4 Å². The average molecular weight is 156 g/mol. The first kappa shape index (κ1) is 13.2. The molecule has 9 heavy (non-hydrogen) atoms. The SMILES string of the molecule is CC(C)(N)C(C)(C)N.[H-].[K+]. The maximum Gasteiger partial charge on any atom is 1.00 e. The van der Waals surface area contributed by atoms with Crippen molar-refractivity contribution in [1.29, 1.82) is 0 Å². The van der Waals surface area contributed by atoms with Crippen molar-refractivity contribution < 1.29 is 52.8 Å². The molecule has 0 heterocycles. The maximum absolute atomic E-state index is 5.69. The van der Waals surface area contributed by atoms with Crippen molar-refractivity contribution in [1.82, 2.24) is 0 Å². The molecule has 0 amide bonds. The van der Waals surface area contributed by atoms with Gasteiger partial charge in [-0.05, 0) is 27.7 Å². The molecule has 0 saturated carbocycles. The summed E-state index contributed by atoms with van der Waals surface area (Å²) >= 11 is 0. The number of hydrogen-bond acceptors (Lipinski definition) is 2. The second-order valence-corrected chi connectivity index (χ2v) is 3.44. The molecule has 52 valence electrons. The van der Waals surface area contributed by atoms with Crippen molar-refractivity contribution in [2.45, 2.75) is 38.8 Å². The Labute approximate surface area is 102 Å². The van der Waals surface area contributed by atoms with E-state index in [1.165, 1.54) is 0 Å². The van der Waals surface area contributed by atoms with Crippen LogP contribution in [0.2, 0.25) is 0 Å². The first-order valence-corrected chi connectivity index (χ1v) is 2.83. The first-order chi connectivity index (χ1) is 3.25. The van der Waals surface area contributed by atoms with E-state index in [1.54, 1.807) is 0 Å². The van der Waals surface area contributed by atoms with Crippen LogP contribution >= 0.6 is 0 Å². The van der Waals surface area contributed by atoms with Crippen LogP contribution in [0.25, 0.3) is 0 Å². The van der Waals surface area contributed by atoms with E-state index < -0.39 is 0 Å². The Balaban J connectivity index is -0.000000245. The standard InChI is InChI=1S/C6H16N2.K.H/c1-5(2,7)6(3,4)8;;/h7-8H2,1-4H3;;/q;+1;-1. The third-order valence-electron chi connectivity index (χ3n) is 1.66. The van der Waals surface area contributed by atoms with Crippen LogP contribution in [-0.4, -0.2) is 11.1 Å². The van der Waals surface area contributed by atoms with Crippen molar-refractivity contribution in [2.75, 3.05) is 0 Å². The molecule has 0 radical (unpaired) electrons. The fraction of sp³-hybridized carbons (Fsp3) is 1.00. The van der Waals surface area contributed by atoms with Gasteiger partial charge in [-0.15, -0.1) is 0 Å². The van der Waals surface area contributed by atoms with Gasteiger partial charge in [-0.25, -0.2) is 0 Å². The quantitative estimate of drug-likeness (QED) is 0.415. The van der Waals surface area contributed by atoms with Gasteiger partial charge < -0.3 is 12.9 Å². The molecule has 0 spiro atoms. The summed E-state index contributed by atoms with van der Waals surface area (Å²) in [6.07, 6.45) is 0. The molecular formula is C6H17KN2. The molecule has 0 rings (SSSR count). The number of rotatable bonds is 1. The van der Waals surface area contributed by atoms with E-state index in [0.29, 0.717) is 0 Å². The van der Waals surface area contributed by atoms with Gasteiger partial charge in [0.1, 0.15) is 0 Å². The molecule has 0 aromatic heterocycles.